The molecule has 5 nitrogen and oxygen atoms in total. The molecule has 0 saturated carbocycles. The molecule has 0 saturated heterocycles. The highest BCUT2D eigenvalue weighted by atomic mass is 28.4. The van der Waals surface area contributed by atoms with Crippen LogP contribution in [0.4, 0.5) is 0 Å². The van der Waals surface area contributed by atoms with Gasteiger partial charge < -0.3 is 20.6 Å². The van der Waals surface area contributed by atoms with Crippen LogP contribution < -0.4 is 0 Å². The van der Waals surface area contributed by atoms with E-state index in [2.05, 4.69) is 13.1 Å². The van der Waals surface area contributed by atoms with E-state index in [1.165, 1.54) is 0 Å². The number of hydrogen-bond donors (Lipinski definition) is 0. The van der Waals surface area contributed by atoms with E-state index in [0.717, 1.165) is 10.5 Å². The van der Waals surface area contributed by atoms with Crippen molar-refractivity contribution in [2.24, 2.45) is 0 Å². The Morgan fingerprint density at radius 2 is 1.46 bits per heavy atom. The van der Waals surface area contributed by atoms with Crippen LogP contribution in [-0.4, -0.2) is 59.6 Å². The van der Waals surface area contributed by atoms with Crippen molar-refractivity contribution >= 4 is 59.6 Å². The Labute approximate surface area is 93.4 Å². The van der Waals surface area contributed by atoms with Crippen molar-refractivity contribution in [3.63, 3.8) is 0 Å². The van der Waals surface area contributed by atoms with E-state index in [1.807, 2.05) is 0 Å². The first kappa shape index (κ1) is 14.1. The highest BCUT2D eigenvalue weighted by Crippen LogP contribution is 1.81. The first-order valence-electron chi connectivity index (χ1n) is 4.11. The van der Waals surface area contributed by atoms with E-state index in [0.29, 0.717) is 0 Å². The minimum atomic E-state index is -0.866. The van der Waals surface area contributed by atoms with Crippen molar-refractivity contribution in [2.75, 3.05) is 0 Å². The Morgan fingerprint density at radius 3 is 2.00 bits per heavy atom. The zero-order valence-electron chi connectivity index (χ0n) is 8.45. The molecule has 13 heavy (non-hydrogen) atoms. The van der Waals surface area contributed by atoms with Gasteiger partial charge in [0.2, 0.25) is 0 Å². The lowest BCUT2D eigenvalue weighted by molar-refractivity contribution is 0.388. The van der Waals surface area contributed by atoms with Crippen molar-refractivity contribution in [3.05, 3.63) is 0 Å². The zero-order chi connectivity index (χ0) is 9.94. The lowest BCUT2D eigenvalue weighted by Gasteiger charge is -2.08. The van der Waals surface area contributed by atoms with Crippen LogP contribution in [0.25, 0.3) is 0 Å². The second-order valence-electron chi connectivity index (χ2n) is 2.59. The van der Waals surface area contributed by atoms with E-state index in [-0.39, 0.29) is 0 Å². The van der Waals surface area contributed by atoms with Crippen LogP contribution in [0, 0.1) is 0 Å². The van der Waals surface area contributed by atoms with Crippen LogP contribution in [0.2, 0.25) is 13.1 Å². The second-order valence-corrected chi connectivity index (χ2v) is 14.2. The Morgan fingerprint density at radius 1 is 0.923 bits per heavy atom. The molecule has 0 aromatic rings. The van der Waals surface area contributed by atoms with Crippen molar-refractivity contribution < 1.29 is 20.6 Å². The number of hydrogen-bond acceptors (Lipinski definition) is 5. The summed E-state index contributed by atoms with van der Waals surface area (Å²) >= 11 is 0. The Balaban J connectivity index is 2.84. The summed E-state index contributed by atoms with van der Waals surface area (Å²) in [6.45, 7) is 4.29. The molecule has 0 spiro atoms. The predicted molar refractivity (Wildman–Crippen MR) is 68.4 cm³/mol. The van der Waals surface area contributed by atoms with Gasteiger partial charge in [-0.1, -0.05) is 0 Å². The quantitative estimate of drug-likeness (QED) is 0.316. The zero-order valence-corrected chi connectivity index (χ0v) is 17.3. The molecule has 0 fully saturated rings. The van der Waals surface area contributed by atoms with Crippen LogP contribution in [0.1, 0.15) is 0 Å². The van der Waals surface area contributed by atoms with Crippen LogP contribution in [0.5, 0.6) is 0 Å². The summed E-state index contributed by atoms with van der Waals surface area (Å²) in [5, 5.41) is 0. The molecule has 11 heteroatoms. The van der Waals surface area contributed by atoms with Gasteiger partial charge in [0.15, 0.2) is 9.04 Å². The minimum Gasteiger partial charge on any atom is -0.449 e. The molecule has 0 unspecified atom stereocenters. The van der Waals surface area contributed by atoms with Gasteiger partial charge in [0, 0.05) is 0 Å². The van der Waals surface area contributed by atoms with Crippen LogP contribution in [-0.2, 0) is 20.6 Å². The van der Waals surface area contributed by atoms with Gasteiger partial charge >= 0.3 is 0 Å². The maximum atomic E-state index is 5.44. The van der Waals surface area contributed by atoms with Gasteiger partial charge in [-0.05, 0) is 13.1 Å². The normalized spacial score (nSPS) is 15.0. The molecule has 0 aliphatic heterocycles. The third kappa shape index (κ3) is 13.1. The van der Waals surface area contributed by atoms with E-state index in [9.17, 15) is 0 Å². The lowest BCUT2D eigenvalue weighted by atomic mass is 11.9. The van der Waals surface area contributed by atoms with Crippen molar-refractivity contribution in [1.29, 1.82) is 0 Å². The molecule has 0 atom stereocenters. The fraction of sp³-hybridized carbons (Fsp3) is 1.00. The van der Waals surface area contributed by atoms with E-state index < -0.39 is 49.1 Å². The minimum absolute atomic E-state index is 0.679. The highest BCUT2D eigenvalue weighted by molar-refractivity contribution is 6.56. The third-order valence-corrected chi connectivity index (χ3v) is 9.17. The third-order valence-electron chi connectivity index (χ3n) is 1.02. The van der Waals surface area contributed by atoms with Gasteiger partial charge in [0.05, 0.1) is 0 Å². The second kappa shape index (κ2) is 11.2. The standard InChI is InChI=1S/C2H18O5Si6/c1-13(2)7-12-6-11-5-10-4-9-3-8/h13H,9-12H2,1-2,8H3. The molecule has 0 amide bonds. The van der Waals surface area contributed by atoms with Gasteiger partial charge in [-0.25, -0.2) is 0 Å². The average Bonchev–Trinajstić information content (AvgIpc) is 2.09. The smallest absolute Gasteiger partial charge is 0.286 e. The topological polar surface area (TPSA) is 46.2 Å². The summed E-state index contributed by atoms with van der Waals surface area (Å²) in [6, 6.07) is 0. The summed E-state index contributed by atoms with van der Waals surface area (Å²) in [7, 11) is -3.04. The Kier molecular flexibility index (Phi) is 12.1. The molecule has 80 valence electrons. The summed E-state index contributed by atoms with van der Waals surface area (Å²) < 4.78 is 26.3. The average molecular weight is 291 g/mol. The lowest BCUT2D eigenvalue weighted by Crippen LogP contribution is -2.20. The first-order chi connectivity index (χ1) is 6.27. The predicted octanol–water partition coefficient (Wildman–Crippen LogP) is -4.67. The van der Waals surface area contributed by atoms with Gasteiger partial charge in [0.1, 0.15) is 10.5 Å². The largest absolute Gasteiger partial charge is 0.449 e. The molecule has 0 aliphatic carbocycles. The van der Waals surface area contributed by atoms with Gasteiger partial charge in [-0.3, -0.25) is 0 Å². The van der Waals surface area contributed by atoms with Gasteiger partial charge in [-0.15, -0.1) is 0 Å². The highest BCUT2D eigenvalue weighted by Gasteiger charge is 1.96. The van der Waals surface area contributed by atoms with Crippen LogP contribution in [0.3, 0.4) is 0 Å². The molecule has 0 bridgehead atoms. The van der Waals surface area contributed by atoms with Crippen LogP contribution >= 0.6 is 0 Å². The first-order valence-corrected chi connectivity index (χ1v) is 12.3. The monoisotopic (exact) mass is 290 g/mol. The fourth-order valence-electron chi connectivity index (χ4n) is 0.487. The Bertz CT molecular complexity index is 103. The molecule has 0 aromatic carbocycles. The van der Waals surface area contributed by atoms with E-state index in [1.54, 1.807) is 0 Å². The molecule has 0 aromatic heterocycles. The molecule has 0 aliphatic rings. The van der Waals surface area contributed by atoms with Crippen LogP contribution in [0.15, 0.2) is 0 Å². The molecule has 0 N–H and O–H groups in total. The molecule has 0 radical (unpaired) electrons. The SMILES string of the molecule is C[SiH](C)O[SiH2]O[SiH2]O[SiH2]O[SiH2]O[SiH3]. The molecule has 0 heterocycles. The fourth-order valence-corrected chi connectivity index (χ4v) is 8.87. The summed E-state index contributed by atoms with van der Waals surface area (Å²) in [4.78, 5) is 0. The number of rotatable bonds is 9. The Hall–Kier alpha value is 1.10. The maximum Gasteiger partial charge on any atom is 0.286 e. The summed E-state index contributed by atoms with van der Waals surface area (Å²) in [5.41, 5.74) is 0. The van der Waals surface area contributed by atoms with Gasteiger partial charge in [0.25, 0.3) is 40.0 Å². The van der Waals surface area contributed by atoms with Crippen molar-refractivity contribution in [3.8, 4) is 0 Å². The van der Waals surface area contributed by atoms with Crippen molar-refractivity contribution in [2.45, 2.75) is 13.1 Å². The summed E-state index contributed by atoms with van der Waals surface area (Å²) in [6.07, 6.45) is 0. The van der Waals surface area contributed by atoms with Crippen molar-refractivity contribution in [1.82, 2.24) is 0 Å². The molecular weight excluding hydrogens is 273 g/mol. The van der Waals surface area contributed by atoms with E-state index >= 15 is 0 Å². The molecular formula is C2H18O5Si6. The van der Waals surface area contributed by atoms with Gasteiger partial charge in [-0.2, -0.15) is 0 Å². The maximum absolute atomic E-state index is 5.44. The molecule has 0 rings (SSSR count). The summed E-state index contributed by atoms with van der Waals surface area (Å²) in [5.74, 6) is 0. The van der Waals surface area contributed by atoms with E-state index in [4.69, 9.17) is 20.6 Å².